The number of carboxylic acid groups (broad SMARTS) is 1. The summed E-state index contributed by atoms with van der Waals surface area (Å²) in [7, 11) is 0. The highest BCUT2D eigenvalue weighted by molar-refractivity contribution is 5.75. The minimum atomic E-state index is -0.692. The first-order chi connectivity index (χ1) is 6.73. The van der Waals surface area contributed by atoms with Gasteiger partial charge in [0.1, 0.15) is 0 Å². The average Bonchev–Trinajstić information content (AvgIpc) is 2.76. The molecule has 1 atom stereocenters. The number of rotatable bonds is 3. The molecule has 0 bridgehead atoms. The number of allylic oxidation sites excluding steroid dienone is 2. The highest BCUT2D eigenvalue weighted by Crippen LogP contribution is 2.38. The van der Waals surface area contributed by atoms with Gasteiger partial charge in [-0.3, -0.25) is 4.79 Å². The molecule has 0 aromatic heterocycles. The summed E-state index contributed by atoms with van der Waals surface area (Å²) >= 11 is 0. The molecule has 2 rings (SSSR count). The second-order valence-electron chi connectivity index (χ2n) is 4.32. The van der Waals surface area contributed by atoms with E-state index in [4.69, 9.17) is 4.74 Å². The van der Waals surface area contributed by atoms with E-state index in [9.17, 15) is 9.90 Å². The summed E-state index contributed by atoms with van der Waals surface area (Å²) in [5, 5.41) is 9.22. The van der Waals surface area contributed by atoms with Gasteiger partial charge in [-0.05, 0) is 32.1 Å². The Morgan fingerprint density at radius 2 is 2.50 bits per heavy atom. The highest BCUT2D eigenvalue weighted by Gasteiger charge is 2.42. The first-order valence-electron chi connectivity index (χ1n) is 5.22. The second kappa shape index (κ2) is 3.73. The van der Waals surface area contributed by atoms with Gasteiger partial charge in [0.2, 0.25) is 0 Å². The smallest absolute Gasteiger partial charge is 0.312 e. The van der Waals surface area contributed by atoms with Gasteiger partial charge in [0.25, 0.3) is 0 Å². The van der Waals surface area contributed by atoms with Crippen LogP contribution in [0.3, 0.4) is 0 Å². The molecule has 1 aliphatic carbocycles. The highest BCUT2D eigenvalue weighted by atomic mass is 16.5. The summed E-state index contributed by atoms with van der Waals surface area (Å²) in [5.74, 6) is -0.692. The quantitative estimate of drug-likeness (QED) is 0.702. The van der Waals surface area contributed by atoms with Crippen molar-refractivity contribution in [1.82, 2.24) is 0 Å². The summed E-state index contributed by atoms with van der Waals surface area (Å²) < 4.78 is 5.22. The third-order valence-corrected chi connectivity index (χ3v) is 3.26. The van der Waals surface area contributed by atoms with Crippen molar-refractivity contribution in [3.63, 3.8) is 0 Å². The predicted octanol–water partition coefficient (Wildman–Crippen LogP) is 1.98. The molecule has 1 saturated heterocycles. The van der Waals surface area contributed by atoms with Crippen LogP contribution in [0.5, 0.6) is 0 Å². The van der Waals surface area contributed by atoms with Crippen LogP contribution in [0.1, 0.15) is 32.1 Å². The van der Waals surface area contributed by atoms with Crippen LogP contribution in [0.4, 0.5) is 0 Å². The van der Waals surface area contributed by atoms with Gasteiger partial charge < -0.3 is 9.84 Å². The number of carboxylic acids is 1. The maximum absolute atomic E-state index is 11.2. The van der Waals surface area contributed by atoms with E-state index in [1.165, 1.54) is 12.0 Å². The summed E-state index contributed by atoms with van der Waals surface area (Å²) in [4.78, 5) is 11.2. The molecule has 0 aromatic rings. The zero-order valence-electron chi connectivity index (χ0n) is 8.29. The first-order valence-corrected chi connectivity index (χ1v) is 5.22. The molecule has 0 amide bonds. The van der Waals surface area contributed by atoms with E-state index < -0.39 is 11.4 Å². The van der Waals surface area contributed by atoms with Gasteiger partial charge in [0.05, 0.1) is 12.0 Å². The van der Waals surface area contributed by atoms with Crippen molar-refractivity contribution in [2.75, 3.05) is 13.2 Å². The lowest BCUT2D eigenvalue weighted by Gasteiger charge is -2.22. The van der Waals surface area contributed by atoms with Gasteiger partial charge in [-0.1, -0.05) is 11.6 Å². The SMILES string of the molecule is O=C(O)C1(CC2=CCCC2)CCOC1. The van der Waals surface area contributed by atoms with E-state index >= 15 is 0 Å². The molecule has 2 aliphatic rings. The maximum Gasteiger partial charge on any atom is 0.312 e. The van der Waals surface area contributed by atoms with Crippen molar-refractivity contribution < 1.29 is 14.6 Å². The zero-order valence-corrected chi connectivity index (χ0v) is 8.29. The largest absolute Gasteiger partial charge is 0.481 e. The van der Waals surface area contributed by atoms with Crippen molar-refractivity contribution >= 4 is 5.97 Å². The molecular weight excluding hydrogens is 180 g/mol. The molecule has 1 heterocycles. The summed E-state index contributed by atoms with van der Waals surface area (Å²) in [6.07, 6.45) is 6.94. The number of aliphatic carboxylic acids is 1. The molecule has 3 heteroatoms. The van der Waals surface area contributed by atoms with E-state index in [-0.39, 0.29) is 0 Å². The Bertz CT molecular complexity index is 262. The van der Waals surface area contributed by atoms with Gasteiger partial charge >= 0.3 is 5.97 Å². The van der Waals surface area contributed by atoms with Gasteiger partial charge in [-0.25, -0.2) is 0 Å². The van der Waals surface area contributed by atoms with Crippen molar-refractivity contribution in [1.29, 1.82) is 0 Å². The Labute approximate surface area is 83.8 Å². The minimum Gasteiger partial charge on any atom is -0.481 e. The first kappa shape index (κ1) is 9.71. The van der Waals surface area contributed by atoms with Crippen molar-refractivity contribution in [2.24, 2.45) is 5.41 Å². The Hall–Kier alpha value is -0.830. The third kappa shape index (κ3) is 1.69. The maximum atomic E-state index is 11.2. The molecule has 1 fully saturated rings. The van der Waals surface area contributed by atoms with Crippen LogP contribution in [-0.4, -0.2) is 24.3 Å². The van der Waals surface area contributed by atoms with Crippen molar-refractivity contribution in [3.8, 4) is 0 Å². The van der Waals surface area contributed by atoms with E-state index in [1.54, 1.807) is 0 Å². The topological polar surface area (TPSA) is 46.5 Å². The molecule has 78 valence electrons. The molecule has 1 unspecified atom stereocenters. The van der Waals surface area contributed by atoms with Crippen LogP contribution in [0.25, 0.3) is 0 Å². The summed E-state index contributed by atoms with van der Waals surface area (Å²) in [5.41, 5.74) is 0.703. The fourth-order valence-corrected chi connectivity index (χ4v) is 2.32. The number of hydrogen-bond donors (Lipinski definition) is 1. The Balaban J connectivity index is 2.07. The van der Waals surface area contributed by atoms with E-state index in [0.717, 1.165) is 12.8 Å². The van der Waals surface area contributed by atoms with Gasteiger partial charge in [-0.2, -0.15) is 0 Å². The number of ether oxygens (including phenoxy) is 1. The lowest BCUT2D eigenvalue weighted by Crippen LogP contribution is -2.31. The molecule has 1 N–H and O–H groups in total. The second-order valence-corrected chi connectivity index (χ2v) is 4.32. The molecule has 0 aromatic carbocycles. The van der Waals surface area contributed by atoms with Gasteiger partial charge in [0.15, 0.2) is 0 Å². The van der Waals surface area contributed by atoms with Crippen LogP contribution in [-0.2, 0) is 9.53 Å². The standard InChI is InChI=1S/C11H16O3/c12-10(13)11(5-6-14-8-11)7-9-3-1-2-4-9/h3H,1-2,4-8H2,(H,12,13). The molecule has 1 aliphatic heterocycles. The van der Waals surface area contributed by atoms with Crippen LogP contribution >= 0.6 is 0 Å². The number of hydrogen-bond acceptors (Lipinski definition) is 2. The van der Waals surface area contributed by atoms with Gasteiger partial charge in [-0.15, -0.1) is 0 Å². The normalized spacial score (nSPS) is 31.9. The number of carbonyl (C=O) groups is 1. The third-order valence-electron chi connectivity index (χ3n) is 3.26. The van der Waals surface area contributed by atoms with Crippen molar-refractivity contribution in [3.05, 3.63) is 11.6 Å². The van der Waals surface area contributed by atoms with E-state index in [0.29, 0.717) is 26.1 Å². The molecule has 14 heavy (non-hydrogen) atoms. The summed E-state index contributed by atoms with van der Waals surface area (Å²) in [6, 6.07) is 0. The van der Waals surface area contributed by atoms with Crippen LogP contribution in [0, 0.1) is 5.41 Å². The van der Waals surface area contributed by atoms with Crippen LogP contribution in [0.15, 0.2) is 11.6 Å². The molecule has 0 spiro atoms. The fourth-order valence-electron chi connectivity index (χ4n) is 2.32. The monoisotopic (exact) mass is 196 g/mol. The van der Waals surface area contributed by atoms with Gasteiger partial charge in [0, 0.05) is 6.61 Å². The summed E-state index contributed by atoms with van der Waals surface area (Å²) in [6.45, 7) is 0.985. The molecule has 0 radical (unpaired) electrons. The zero-order chi connectivity index (χ0) is 10.0. The Morgan fingerprint density at radius 1 is 1.64 bits per heavy atom. The van der Waals surface area contributed by atoms with Crippen LogP contribution < -0.4 is 0 Å². The Morgan fingerprint density at radius 3 is 3.00 bits per heavy atom. The lowest BCUT2D eigenvalue weighted by atomic mass is 9.81. The van der Waals surface area contributed by atoms with E-state index in [2.05, 4.69) is 6.08 Å². The molecule has 3 nitrogen and oxygen atoms in total. The lowest BCUT2D eigenvalue weighted by molar-refractivity contribution is -0.148. The molecular formula is C11H16O3. The van der Waals surface area contributed by atoms with Crippen LogP contribution in [0.2, 0.25) is 0 Å². The van der Waals surface area contributed by atoms with E-state index in [1.807, 2.05) is 0 Å². The predicted molar refractivity (Wildman–Crippen MR) is 52.1 cm³/mol. The Kier molecular flexibility index (Phi) is 2.59. The average molecular weight is 196 g/mol. The molecule has 0 saturated carbocycles. The fraction of sp³-hybridized carbons (Fsp3) is 0.727. The van der Waals surface area contributed by atoms with Crippen molar-refractivity contribution in [2.45, 2.75) is 32.1 Å². The minimum absolute atomic E-state index is 0.389.